The maximum atomic E-state index is 13.1. The molecule has 0 amide bonds. The molecule has 9 heteroatoms. The smallest absolute Gasteiger partial charge is 0.414 e. The monoisotopic (exact) mass is 409 g/mol. The van der Waals surface area contributed by atoms with Crippen molar-refractivity contribution in [2.45, 2.75) is 13.0 Å². The average molecular weight is 409 g/mol. The summed E-state index contributed by atoms with van der Waals surface area (Å²) >= 11 is 0. The van der Waals surface area contributed by atoms with E-state index in [1.807, 2.05) is 18.2 Å². The second-order valence-corrected chi connectivity index (χ2v) is 5.66. The van der Waals surface area contributed by atoms with Gasteiger partial charge < -0.3 is 29.7 Å². The van der Waals surface area contributed by atoms with Crippen LogP contribution in [0.15, 0.2) is 36.4 Å². The lowest BCUT2D eigenvalue weighted by Crippen LogP contribution is -2.17. The van der Waals surface area contributed by atoms with Crippen molar-refractivity contribution in [2.75, 3.05) is 27.9 Å². The lowest BCUT2D eigenvalue weighted by molar-refractivity contribution is -0.159. The van der Waals surface area contributed by atoms with Crippen LogP contribution in [-0.2, 0) is 22.6 Å². The van der Waals surface area contributed by atoms with Gasteiger partial charge in [0.25, 0.3) is 0 Å². The summed E-state index contributed by atoms with van der Waals surface area (Å²) in [5, 5.41) is 18.1. The lowest BCUT2D eigenvalue weighted by Gasteiger charge is -2.16. The Hall–Kier alpha value is -3.33. The first kappa shape index (κ1) is 23.7. The predicted molar refractivity (Wildman–Crippen MR) is 103 cm³/mol. The number of carbonyl (C=O) groups is 2. The number of ether oxygens (including phenoxy) is 3. The molecule has 8 nitrogen and oxygen atoms in total. The van der Waals surface area contributed by atoms with Crippen LogP contribution in [0.25, 0.3) is 0 Å². The largest absolute Gasteiger partial charge is 0.493 e. The highest BCUT2D eigenvalue weighted by molar-refractivity contribution is 6.27. The molecule has 2 aromatic rings. The van der Waals surface area contributed by atoms with Gasteiger partial charge >= 0.3 is 11.9 Å². The summed E-state index contributed by atoms with van der Waals surface area (Å²) in [4.78, 5) is 18.2. The molecule has 0 unspecified atom stereocenters. The van der Waals surface area contributed by atoms with E-state index in [9.17, 15) is 4.39 Å². The molecule has 0 fully saturated rings. The summed E-state index contributed by atoms with van der Waals surface area (Å²) in [6.07, 6.45) is 0.757. The molecule has 0 atom stereocenters. The molecular weight excluding hydrogens is 385 g/mol. The fourth-order valence-electron chi connectivity index (χ4n) is 2.45. The maximum absolute atomic E-state index is 13.1. The molecule has 0 saturated heterocycles. The third-order valence-electron chi connectivity index (χ3n) is 3.76. The molecule has 3 N–H and O–H groups in total. The van der Waals surface area contributed by atoms with Crippen LogP contribution in [0.4, 0.5) is 4.39 Å². The Morgan fingerprint density at radius 2 is 1.62 bits per heavy atom. The zero-order valence-corrected chi connectivity index (χ0v) is 16.4. The number of hydrogen-bond acceptors (Lipinski definition) is 6. The molecule has 0 bridgehead atoms. The summed E-state index contributed by atoms with van der Waals surface area (Å²) in [5.74, 6) is -1.98. The van der Waals surface area contributed by atoms with Crippen LogP contribution in [0.3, 0.4) is 0 Å². The zero-order valence-electron chi connectivity index (χ0n) is 16.4. The average Bonchev–Trinajstić information content (AvgIpc) is 2.70. The molecule has 0 saturated carbocycles. The summed E-state index contributed by atoms with van der Waals surface area (Å²) in [6.45, 7) is 1.36. The number of aliphatic carboxylic acids is 2. The molecule has 2 rings (SSSR count). The highest BCUT2D eigenvalue weighted by Gasteiger charge is 2.15. The van der Waals surface area contributed by atoms with Gasteiger partial charge in [-0.1, -0.05) is 18.2 Å². The van der Waals surface area contributed by atoms with Gasteiger partial charge in [0.2, 0.25) is 5.75 Å². The number of hydrogen-bond donors (Lipinski definition) is 3. The quantitative estimate of drug-likeness (QED) is 0.450. The van der Waals surface area contributed by atoms with Crippen molar-refractivity contribution in [3.8, 4) is 17.2 Å². The second-order valence-electron chi connectivity index (χ2n) is 5.66. The van der Waals surface area contributed by atoms with Gasteiger partial charge in [0, 0.05) is 12.1 Å². The molecule has 158 valence electrons. The SMILES string of the molecule is COc1ccc(CNCCc2cccc(F)c2)c(OC)c1OC.O=C(O)C(=O)O. The molecule has 0 aliphatic heterocycles. The normalized spacial score (nSPS) is 9.79. The van der Waals surface area contributed by atoms with Gasteiger partial charge in [-0.3, -0.25) is 0 Å². The van der Waals surface area contributed by atoms with Gasteiger partial charge in [-0.05, 0) is 36.7 Å². The Balaban J connectivity index is 0.000000612. The minimum Gasteiger partial charge on any atom is -0.493 e. The van der Waals surface area contributed by atoms with Crippen molar-refractivity contribution in [3.63, 3.8) is 0 Å². The summed E-state index contributed by atoms with van der Waals surface area (Å²) in [6, 6.07) is 10.4. The molecule has 0 spiro atoms. The summed E-state index contributed by atoms with van der Waals surface area (Å²) < 4.78 is 29.2. The fourth-order valence-corrected chi connectivity index (χ4v) is 2.45. The van der Waals surface area contributed by atoms with Crippen LogP contribution in [0.2, 0.25) is 0 Å². The van der Waals surface area contributed by atoms with Gasteiger partial charge in [-0.15, -0.1) is 0 Å². The van der Waals surface area contributed by atoms with E-state index in [1.54, 1.807) is 33.5 Å². The molecule has 0 heterocycles. The van der Waals surface area contributed by atoms with Crippen molar-refractivity contribution >= 4 is 11.9 Å². The molecule has 0 radical (unpaired) electrons. The van der Waals surface area contributed by atoms with Crippen LogP contribution < -0.4 is 19.5 Å². The van der Waals surface area contributed by atoms with Crippen molar-refractivity contribution in [2.24, 2.45) is 0 Å². The molecule has 0 aliphatic carbocycles. The Morgan fingerprint density at radius 3 is 2.14 bits per heavy atom. The van der Waals surface area contributed by atoms with Crippen LogP contribution in [0.1, 0.15) is 11.1 Å². The van der Waals surface area contributed by atoms with Crippen LogP contribution >= 0.6 is 0 Å². The second kappa shape index (κ2) is 12.2. The van der Waals surface area contributed by atoms with E-state index in [0.29, 0.717) is 23.8 Å². The highest BCUT2D eigenvalue weighted by Crippen LogP contribution is 2.39. The van der Waals surface area contributed by atoms with E-state index < -0.39 is 11.9 Å². The number of nitrogens with one attached hydrogen (secondary N) is 1. The van der Waals surface area contributed by atoms with Gasteiger partial charge in [0.1, 0.15) is 5.82 Å². The number of halogens is 1. The van der Waals surface area contributed by atoms with E-state index in [4.69, 9.17) is 34.0 Å². The van der Waals surface area contributed by atoms with Gasteiger partial charge in [-0.2, -0.15) is 0 Å². The van der Waals surface area contributed by atoms with Crippen molar-refractivity contribution in [1.82, 2.24) is 5.32 Å². The van der Waals surface area contributed by atoms with Crippen LogP contribution in [0.5, 0.6) is 17.2 Å². The van der Waals surface area contributed by atoms with Gasteiger partial charge in [0.15, 0.2) is 11.5 Å². The van der Waals surface area contributed by atoms with Crippen molar-refractivity contribution in [3.05, 3.63) is 53.3 Å². The Bertz CT molecular complexity index is 814. The third kappa shape index (κ3) is 7.67. The molecular formula is C20H24FNO7. The Kier molecular flexibility index (Phi) is 9.97. The predicted octanol–water partition coefficient (Wildman–Crippen LogP) is 2.34. The van der Waals surface area contributed by atoms with Crippen LogP contribution in [-0.4, -0.2) is 50.0 Å². The van der Waals surface area contributed by atoms with Gasteiger partial charge in [-0.25, -0.2) is 14.0 Å². The third-order valence-corrected chi connectivity index (χ3v) is 3.76. The first-order valence-corrected chi connectivity index (χ1v) is 8.53. The van der Waals surface area contributed by atoms with E-state index in [1.165, 1.54) is 6.07 Å². The molecule has 0 aromatic heterocycles. The summed E-state index contributed by atoms with van der Waals surface area (Å²) in [7, 11) is 4.78. The Labute approximate surface area is 167 Å². The van der Waals surface area contributed by atoms with Crippen molar-refractivity contribution < 1.29 is 38.4 Å². The Morgan fingerprint density at radius 1 is 0.966 bits per heavy atom. The maximum Gasteiger partial charge on any atom is 0.414 e. The summed E-state index contributed by atoms with van der Waals surface area (Å²) in [5.41, 5.74) is 1.95. The molecule has 29 heavy (non-hydrogen) atoms. The number of benzene rings is 2. The lowest BCUT2D eigenvalue weighted by atomic mass is 10.1. The fraction of sp³-hybridized carbons (Fsp3) is 0.300. The van der Waals surface area contributed by atoms with Crippen LogP contribution in [0, 0.1) is 5.82 Å². The topological polar surface area (TPSA) is 114 Å². The molecule has 2 aromatic carbocycles. The highest BCUT2D eigenvalue weighted by atomic mass is 19.1. The number of methoxy groups -OCH3 is 3. The first-order chi connectivity index (χ1) is 13.8. The number of rotatable bonds is 8. The number of carboxylic acids is 2. The minimum absolute atomic E-state index is 0.205. The number of carboxylic acid groups (broad SMARTS) is 2. The minimum atomic E-state index is -1.82. The standard InChI is InChI=1S/C18H22FNO3.C2H2O4/c1-21-16-8-7-14(17(22-2)18(16)23-3)12-20-10-9-13-5-4-6-15(19)11-13;3-1(4)2(5)6/h4-8,11,20H,9-10,12H2,1-3H3;(H,3,4)(H,5,6). The van der Waals surface area contributed by atoms with E-state index in [2.05, 4.69) is 5.32 Å². The van der Waals surface area contributed by atoms with Crippen molar-refractivity contribution in [1.29, 1.82) is 0 Å². The first-order valence-electron chi connectivity index (χ1n) is 8.53. The zero-order chi connectivity index (χ0) is 21.8. The van der Waals surface area contributed by atoms with Gasteiger partial charge in [0.05, 0.1) is 21.3 Å². The van der Waals surface area contributed by atoms with E-state index in [0.717, 1.165) is 24.1 Å². The molecule has 0 aliphatic rings. The van der Waals surface area contributed by atoms with E-state index in [-0.39, 0.29) is 5.82 Å². The van der Waals surface area contributed by atoms with E-state index >= 15 is 0 Å².